The fourth-order valence-electron chi connectivity index (χ4n) is 6.14. The number of pyridine rings is 2. The van der Waals surface area contributed by atoms with Crippen LogP contribution >= 0.6 is 0 Å². The molecule has 1 aliphatic carbocycles. The van der Waals surface area contributed by atoms with Gasteiger partial charge in [0.05, 0.1) is 28.4 Å². The van der Waals surface area contributed by atoms with E-state index in [-0.39, 0.29) is 5.82 Å². The van der Waals surface area contributed by atoms with Gasteiger partial charge in [-0.1, -0.05) is 25.0 Å². The summed E-state index contributed by atoms with van der Waals surface area (Å²) in [5.41, 5.74) is 7.44. The summed E-state index contributed by atoms with van der Waals surface area (Å²) in [6.07, 6.45) is 10.9. The Bertz CT molecular complexity index is 1940. The number of aromatic nitrogens is 6. The van der Waals surface area contributed by atoms with E-state index in [9.17, 15) is 4.39 Å². The molecule has 0 unspecified atom stereocenters. The summed E-state index contributed by atoms with van der Waals surface area (Å²) in [7, 11) is 3.95. The molecule has 0 amide bonds. The number of ether oxygens (including phenoxy) is 1. The Balaban J connectivity index is 1.17. The Labute approximate surface area is 261 Å². The monoisotopic (exact) mass is 604 g/mol. The third-order valence-electron chi connectivity index (χ3n) is 8.50. The molecule has 0 aliphatic heterocycles. The van der Waals surface area contributed by atoms with Crippen LogP contribution < -0.4 is 10.1 Å². The molecule has 10 heteroatoms. The Morgan fingerprint density at radius 3 is 2.76 bits per heavy atom. The van der Waals surface area contributed by atoms with Crippen molar-refractivity contribution >= 4 is 21.9 Å². The van der Waals surface area contributed by atoms with Gasteiger partial charge in [0.15, 0.2) is 5.82 Å². The number of hydrogen-bond donors (Lipinski definition) is 3. The Morgan fingerprint density at radius 1 is 1.00 bits per heavy atom. The van der Waals surface area contributed by atoms with E-state index in [4.69, 9.17) is 14.7 Å². The number of fused-ring (bicyclic) bond motifs is 2. The van der Waals surface area contributed by atoms with E-state index in [1.54, 1.807) is 6.20 Å². The zero-order valence-electron chi connectivity index (χ0n) is 25.6. The van der Waals surface area contributed by atoms with E-state index in [0.29, 0.717) is 29.4 Å². The van der Waals surface area contributed by atoms with Gasteiger partial charge in [0, 0.05) is 48.1 Å². The van der Waals surface area contributed by atoms with Crippen molar-refractivity contribution in [1.82, 2.24) is 40.3 Å². The van der Waals surface area contributed by atoms with Gasteiger partial charge in [0.1, 0.15) is 23.9 Å². The van der Waals surface area contributed by atoms with Crippen LogP contribution in [0.25, 0.3) is 55.8 Å². The molecule has 0 saturated heterocycles. The highest BCUT2D eigenvalue weighted by Crippen LogP contribution is 2.34. The minimum absolute atomic E-state index is 0.360. The second-order valence-electron chi connectivity index (χ2n) is 12.2. The number of benzene rings is 2. The summed E-state index contributed by atoms with van der Waals surface area (Å²) in [6, 6.07) is 14.8. The van der Waals surface area contributed by atoms with E-state index >= 15 is 0 Å². The molecule has 4 heterocycles. The average molecular weight is 605 g/mol. The highest BCUT2D eigenvalue weighted by molar-refractivity contribution is 5.97. The smallest absolute Gasteiger partial charge is 0.159 e. The Morgan fingerprint density at radius 2 is 1.89 bits per heavy atom. The highest BCUT2D eigenvalue weighted by Gasteiger charge is 2.18. The van der Waals surface area contributed by atoms with Gasteiger partial charge in [-0.3, -0.25) is 15.1 Å². The maximum atomic E-state index is 14.7. The molecule has 0 bridgehead atoms. The minimum Gasteiger partial charge on any atom is -0.492 e. The van der Waals surface area contributed by atoms with Gasteiger partial charge in [0.25, 0.3) is 0 Å². The van der Waals surface area contributed by atoms with E-state index in [1.807, 2.05) is 61.7 Å². The van der Waals surface area contributed by atoms with Crippen molar-refractivity contribution in [3.63, 3.8) is 0 Å². The van der Waals surface area contributed by atoms with Gasteiger partial charge in [-0.05, 0) is 80.9 Å². The first-order chi connectivity index (χ1) is 22.0. The van der Waals surface area contributed by atoms with Gasteiger partial charge < -0.3 is 19.9 Å². The lowest BCUT2D eigenvalue weighted by Gasteiger charge is -2.12. The van der Waals surface area contributed by atoms with Crippen molar-refractivity contribution < 1.29 is 9.13 Å². The quantitative estimate of drug-likeness (QED) is 0.153. The van der Waals surface area contributed by atoms with Gasteiger partial charge in [-0.2, -0.15) is 5.10 Å². The van der Waals surface area contributed by atoms with E-state index in [1.165, 1.54) is 37.8 Å². The largest absolute Gasteiger partial charge is 0.492 e. The molecule has 7 rings (SSSR count). The Hall–Kier alpha value is -4.67. The maximum Gasteiger partial charge on any atom is 0.159 e. The first kappa shape index (κ1) is 29.1. The Kier molecular flexibility index (Phi) is 8.23. The van der Waals surface area contributed by atoms with Crippen LogP contribution in [0, 0.1) is 11.7 Å². The van der Waals surface area contributed by atoms with Gasteiger partial charge in [-0.25, -0.2) is 9.37 Å². The van der Waals surface area contributed by atoms with E-state index in [0.717, 1.165) is 69.9 Å². The van der Waals surface area contributed by atoms with Crippen molar-refractivity contribution in [3.05, 3.63) is 78.5 Å². The van der Waals surface area contributed by atoms with Crippen molar-refractivity contribution in [2.45, 2.75) is 32.2 Å². The molecule has 1 fully saturated rings. The topological polar surface area (TPSA) is 108 Å². The number of likely N-dealkylation sites (N-methyl/N-ethyl adjacent to an activating group) is 1. The van der Waals surface area contributed by atoms with Crippen molar-refractivity contribution in [2.24, 2.45) is 5.92 Å². The third kappa shape index (κ3) is 6.43. The number of halogens is 1. The average Bonchev–Trinajstić information content (AvgIpc) is 3.80. The van der Waals surface area contributed by atoms with Crippen LogP contribution in [0.2, 0.25) is 0 Å². The first-order valence-electron chi connectivity index (χ1n) is 15.6. The molecule has 0 atom stereocenters. The number of nitrogens with one attached hydrogen (secondary N) is 3. The van der Waals surface area contributed by atoms with Gasteiger partial charge >= 0.3 is 0 Å². The maximum absolute atomic E-state index is 14.7. The van der Waals surface area contributed by atoms with Crippen LogP contribution in [0.5, 0.6) is 5.75 Å². The number of imidazole rings is 1. The number of aromatic amines is 2. The molecular weight excluding hydrogens is 567 g/mol. The molecule has 9 nitrogen and oxygen atoms in total. The molecule has 4 aromatic heterocycles. The summed E-state index contributed by atoms with van der Waals surface area (Å²) in [5.74, 6) is 1.53. The predicted octanol–water partition coefficient (Wildman–Crippen LogP) is 6.59. The lowest BCUT2D eigenvalue weighted by molar-refractivity contribution is 0.260. The lowest BCUT2D eigenvalue weighted by atomic mass is 10.0. The first-order valence-corrected chi connectivity index (χ1v) is 15.6. The van der Waals surface area contributed by atoms with Crippen LogP contribution in [-0.4, -0.2) is 68.8 Å². The molecule has 6 aromatic rings. The molecule has 1 saturated carbocycles. The fraction of sp³-hybridized carbons (Fsp3) is 0.314. The summed E-state index contributed by atoms with van der Waals surface area (Å²) in [5, 5.41) is 12.2. The molecule has 0 spiro atoms. The lowest BCUT2D eigenvalue weighted by Crippen LogP contribution is -2.20. The van der Waals surface area contributed by atoms with Crippen molar-refractivity contribution in [1.29, 1.82) is 0 Å². The molecule has 230 valence electrons. The minimum atomic E-state index is -0.360. The van der Waals surface area contributed by atoms with E-state index < -0.39 is 0 Å². The number of para-hydroxylation sites is 1. The summed E-state index contributed by atoms with van der Waals surface area (Å²) >= 11 is 0. The number of H-pyrrole nitrogens is 2. The fourth-order valence-corrected chi connectivity index (χ4v) is 6.14. The zero-order chi connectivity index (χ0) is 30.8. The SMILES string of the molecule is CN(C)CCOc1cc(F)cc(-c2cccc3[nH]c(-c4n[nH]c5cnc(-c6cncc(CNCC7CCCC7)c6)cc45)nc23)c1. The summed E-state index contributed by atoms with van der Waals surface area (Å²) in [6.45, 7) is 3.04. The highest BCUT2D eigenvalue weighted by atomic mass is 19.1. The van der Waals surface area contributed by atoms with E-state index in [2.05, 4.69) is 31.5 Å². The molecule has 3 N–H and O–H groups in total. The van der Waals surface area contributed by atoms with Crippen LogP contribution in [-0.2, 0) is 6.54 Å². The van der Waals surface area contributed by atoms with Crippen molar-refractivity contribution in [2.75, 3.05) is 33.8 Å². The molecule has 45 heavy (non-hydrogen) atoms. The second-order valence-corrected chi connectivity index (χ2v) is 12.2. The summed E-state index contributed by atoms with van der Waals surface area (Å²) in [4.78, 5) is 19.6. The van der Waals surface area contributed by atoms with Crippen LogP contribution in [0.3, 0.4) is 0 Å². The molecule has 1 aliphatic rings. The van der Waals surface area contributed by atoms with Crippen LogP contribution in [0.15, 0.2) is 67.1 Å². The zero-order valence-corrected chi connectivity index (χ0v) is 25.6. The number of rotatable bonds is 11. The van der Waals surface area contributed by atoms with Gasteiger partial charge in [0.2, 0.25) is 0 Å². The second kappa shape index (κ2) is 12.7. The summed E-state index contributed by atoms with van der Waals surface area (Å²) < 4.78 is 20.5. The molecular formula is C35H37FN8O. The standard InChI is InChI=1S/C35H37FN8O/c1-44(2)10-11-45-27-14-24(13-26(36)15-27)28-8-5-9-30-33(28)41-35(40-30)34-29-16-31(39-21-32(29)42-43-34)25-12-23(19-38-20-25)18-37-17-22-6-3-4-7-22/h5,8-9,12-16,19-22,37H,3-4,6-7,10-11,17-18H2,1-2H3,(H,40,41)(H,42,43). The third-order valence-corrected chi connectivity index (χ3v) is 8.50. The number of nitrogens with zero attached hydrogens (tertiary/aromatic N) is 5. The predicted molar refractivity (Wildman–Crippen MR) is 175 cm³/mol. The number of hydrogen-bond acceptors (Lipinski definition) is 7. The molecule has 0 radical (unpaired) electrons. The van der Waals surface area contributed by atoms with Crippen molar-refractivity contribution in [3.8, 4) is 39.7 Å². The van der Waals surface area contributed by atoms with Crippen LogP contribution in [0.1, 0.15) is 31.2 Å². The van der Waals surface area contributed by atoms with Crippen LogP contribution in [0.4, 0.5) is 4.39 Å². The molecule has 2 aromatic carbocycles. The normalized spacial score (nSPS) is 13.9. The van der Waals surface area contributed by atoms with Gasteiger partial charge in [-0.15, -0.1) is 0 Å².